The summed E-state index contributed by atoms with van der Waals surface area (Å²) in [4.78, 5) is 12.0. The molecule has 0 radical (unpaired) electrons. The molecule has 0 fully saturated rings. The molecule has 21 heavy (non-hydrogen) atoms. The molecule has 0 N–H and O–H groups in total. The Kier molecular flexibility index (Phi) is 5.20. The highest BCUT2D eigenvalue weighted by Crippen LogP contribution is 2.39. The van der Waals surface area contributed by atoms with E-state index in [-0.39, 0.29) is 5.78 Å². The predicted molar refractivity (Wildman–Crippen MR) is 85.5 cm³/mol. The first-order chi connectivity index (χ1) is 10.2. The van der Waals surface area contributed by atoms with E-state index in [1.165, 1.54) is 0 Å². The van der Waals surface area contributed by atoms with Crippen LogP contribution >= 0.6 is 0 Å². The molecule has 0 aromatic heterocycles. The van der Waals surface area contributed by atoms with E-state index >= 15 is 0 Å². The Morgan fingerprint density at radius 2 is 1.62 bits per heavy atom. The fourth-order valence-electron chi connectivity index (χ4n) is 2.25. The van der Waals surface area contributed by atoms with Gasteiger partial charge in [0.1, 0.15) is 0 Å². The molecule has 0 spiro atoms. The minimum absolute atomic E-state index is 0.00629. The molecule has 0 unspecified atom stereocenters. The van der Waals surface area contributed by atoms with Gasteiger partial charge in [-0.25, -0.2) is 0 Å². The molecular formula is C18H22O3. The van der Waals surface area contributed by atoms with E-state index in [0.717, 1.165) is 23.6 Å². The lowest BCUT2D eigenvalue weighted by atomic mass is 10.0. The SMILES string of the molecule is CCCOc1c(C(C)=O)cc2ccccc2c1OCCC. The van der Waals surface area contributed by atoms with Gasteiger partial charge in [0.05, 0.1) is 18.8 Å². The van der Waals surface area contributed by atoms with E-state index in [0.29, 0.717) is 30.3 Å². The number of hydrogen-bond acceptors (Lipinski definition) is 3. The summed E-state index contributed by atoms with van der Waals surface area (Å²) in [7, 11) is 0. The average molecular weight is 286 g/mol. The van der Waals surface area contributed by atoms with E-state index in [4.69, 9.17) is 9.47 Å². The molecule has 0 bridgehead atoms. The van der Waals surface area contributed by atoms with E-state index in [1.807, 2.05) is 37.3 Å². The van der Waals surface area contributed by atoms with Crippen LogP contribution in [0.5, 0.6) is 11.5 Å². The van der Waals surface area contributed by atoms with Crippen molar-refractivity contribution in [1.82, 2.24) is 0 Å². The predicted octanol–water partition coefficient (Wildman–Crippen LogP) is 4.62. The normalized spacial score (nSPS) is 10.6. The fourth-order valence-corrected chi connectivity index (χ4v) is 2.25. The minimum Gasteiger partial charge on any atom is -0.489 e. The minimum atomic E-state index is -0.00629. The van der Waals surface area contributed by atoms with E-state index < -0.39 is 0 Å². The van der Waals surface area contributed by atoms with Crippen LogP contribution in [-0.2, 0) is 0 Å². The van der Waals surface area contributed by atoms with Crippen molar-refractivity contribution < 1.29 is 14.3 Å². The lowest BCUT2D eigenvalue weighted by molar-refractivity contribution is 0.101. The van der Waals surface area contributed by atoms with Gasteiger partial charge < -0.3 is 9.47 Å². The molecule has 2 aromatic rings. The average Bonchev–Trinajstić information content (AvgIpc) is 2.50. The number of hydrogen-bond donors (Lipinski definition) is 0. The Balaban J connectivity index is 2.65. The highest BCUT2D eigenvalue weighted by molar-refractivity contribution is 6.04. The molecule has 0 atom stereocenters. The maximum Gasteiger partial charge on any atom is 0.172 e. The number of ketones is 1. The van der Waals surface area contributed by atoms with Crippen molar-refractivity contribution in [3.63, 3.8) is 0 Å². The molecule has 0 aliphatic carbocycles. The Labute approximate surface area is 125 Å². The number of rotatable bonds is 7. The summed E-state index contributed by atoms with van der Waals surface area (Å²) in [6.07, 6.45) is 1.79. The summed E-state index contributed by atoms with van der Waals surface area (Å²) in [6, 6.07) is 9.81. The van der Waals surface area contributed by atoms with Crippen LogP contribution in [0.2, 0.25) is 0 Å². The molecular weight excluding hydrogens is 264 g/mol. The van der Waals surface area contributed by atoms with Crippen LogP contribution < -0.4 is 9.47 Å². The van der Waals surface area contributed by atoms with Gasteiger partial charge in [0.25, 0.3) is 0 Å². The third-order valence-electron chi connectivity index (χ3n) is 3.24. The van der Waals surface area contributed by atoms with E-state index in [9.17, 15) is 4.79 Å². The summed E-state index contributed by atoms with van der Waals surface area (Å²) < 4.78 is 11.7. The molecule has 0 saturated heterocycles. The number of carbonyl (C=O) groups is 1. The first kappa shape index (κ1) is 15.4. The van der Waals surface area contributed by atoms with Gasteiger partial charge in [-0.3, -0.25) is 4.79 Å². The summed E-state index contributed by atoms with van der Waals surface area (Å²) in [5, 5.41) is 1.99. The van der Waals surface area contributed by atoms with Crippen molar-refractivity contribution in [1.29, 1.82) is 0 Å². The zero-order valence-electron chi connectivity index (χ0n) is 12.9. The summed E-state index contributed by atoms with van der Waals surface area (Å²) >= 11 is 0. The van der Waals surface area contributed by atoms with Crippen molar-refractivity contribution in [2.24, 2.45) is 0 Å². The largest absolute Gasteiger partial charge is 0.489 e. The van der Waals surface area contributed by atoms with Gasteiger partial charge in [0, 0.05) is 5.39 Å². The van der Waals surface area contributed by atoms with Crippen LogP contribution in [0.15, 0.2) is 30.3 Å². The van der Waals surface area contributed by atoms with Crippen molar-refractivity contribution in [2.45, 2.75) is 33.6 Å². The second-order valence-electron chi connectivity index (χ2n) is 5.06. The third-order valence-corrected chi connectivity index (χ3v) is 3.24. The molecule has 3 heteroatoms. The molecule has 0 aliphatic heterocycles. The molecule has 0 amide bonds. The number of Topliss-reactive ketones (excluding diaryl/α,β-unsaturated/α-hetero) is 1. The number of benzene rings is 2. The first-order valence-corrected chi connectivity index (χ1v) is 7.51. The Morgan fingerprint density at radius 1 is 1.00 bits per heavy atom. The molecule has 0 saturated carbocycles. The van der Waals surface area contributed by atoms with Gasteiger partial charge in [0.2, 0.25) is 0 Å². The zero-order chi connectivity index (χ0) is 15.2. The molecule has 112 valence electrons. The van der Waals surface area contributed by atoms with Gasteiger partial charge in [-0.1, -0.05) is 38.1 Å². The van der Waals surface area contributed by atoms with Crippen molar-refractivity contribution >= 4 is 16.6 Å². The van der Waals surface area contributed by atoms with Gasteiger partial charge in [0.15, 0.2) is 17.3 Å². The number of fused-ring (bicyclic) bond motifs is 1. The molecule has 3 nitrogen and oxygen atoms in total. The standard InChI is InChI=1S/C18H22O3/c1-4-10-20-17-15-9-7-6-8-14(15)12-16(13(3)19)18(17)21-11-5-2/h6-9,12H,4-5,10-11H2,1-3H3. The molecule has 0 heterocycles. The Morgan fingerprint density at radius 3 is 2.24 bits per heavy atom. The zero-order valence-corrected chi connectivity index (χ0v) is 12.9. The van der Waals surface area contributed by atoms with Crippen LogP contribution in [0.25, 0.3) is 10.8 Å². The van der Waals surface area contributed by atoms with E-state index in [1.54, 1.807) is 6.92 Å². The van der Waals surface area contributed by atoms with Gasteiger partial charge in [-0.15, -0.1) is 0 Å². The molecule has 2 aromatic carbocycles. The quantitative estimate of drug-likeness (QED) is 0.697. The Hall–Kier alpha value is -2.03. The maximum atomic E-state index is 12.0. The number of ether oxygens (including phenoxy) is 2. The second-order valence-corrected chi connectivity index (χ2v) is 5.06. The Bertz CT molecular complexity index is 632. The van der Waals surface area contributed by atoms with Gasteiger partial charge >= 0.3 is 0 Å². The summed E-state index contributed by atoms with van der Waals surface area (Å²) in [5.41, 5.74) is 0.591. The van der Waals surface area contributed by atoms with Crippen LogP contribution in [0.3, 0.4) is 0 Å². The lowest BCUT2D eigenvalue weighted by Gasteiger charge is -2.17. The fraction of sp³-hybridized carbons (Fsp3) is 0.389. The highest BCUT2D eigenvalue weighted by atomic mass is 16.5. The van der Waals surface area contributed by atoms with Crippen LogP contribution in [-0.4, -0.2) is 19.0 Å². The number of carbonyl (C=O) groups excluding carboxylic acids is 1. The van der Waals surface area contributed by atoms with Crippen molar-refractivity contribution in [3.8, 4) is 11.5 Å². The molecule has 2 rings (SSSR count). The molecule has 0 aliphatic rings. The van der Waals surface area contributed by atoms with Crippen LogP contribution in [0.1, 0.15) is 44.0 Å². The van der Waals surface area contributed by atoms with E-state index in [2.05, 4.69) is 6.92 Å². The first-order valence-electron chi connectivity index (χ1n) is 7.51. The summed E-state index contributed by atoms with van der Waals surface area (Å²) in [5.74, 6) is 1.26. The highest BCUT2D eigenvalue weighted by Gasteiger charge is 2.18. The lowest BCUT2D eigenvalue weighted by Crippen LogP contribution is -2.06. The topological polar surface area (TPSA) is 35.5 Å². The van der Waals surface area contributed by atoms with Crippen molar-refractivity contribution in [3.05, 3.63) is 35.9 Å². The smallest absolute Gasteiger partial charge is 0.172 e. The van der Waals surface area contributed by atoms with Crippen LogP contribution in [0, 0.1) is 0 Å². The van der Waals surface area contributed by atoms with Gasteiger partial charge in [-0.05, 0) is 31.2 Å². The van der Waals surface area contributed by atoms with Crippen LogP contribution in [0.4, 0.5) is 0 Å². The van der Waals surface area contributed by atoms with Crippen molar-refractivity contribution in [2.75, 3.05) is 13.2 Å². The third kappa shape index (κ3) is 3.35. The van der Waals surface area contributed by atoms with Gasteiger partial charge in [-0.2, -0.15) is 0 Å². The second kappa shape index (κ2) is 7.11. The summed E-state index contributed by atoms with van der Waals surface area (Å²) in [6.45, 7) is 6.84. The maximum absolute atomic E-state index is 12.0. The monoisotopic (exact) mass is 286 g/mol.